The minimum absolute atomic E-state index is 0.0205. The summed E-state index contributed by atoms with van der Waals surface area (Å²) in [4.78, 5) is 2.11. The maximum atomic E-state index is 12.3. The minimum atomic E-state index is -4.38. The summed E-state index contributed by atoms with van der Waals surface area (Å²) in [6, 6.07) is 12.9. The molecule has 1 fully saturated rings. The quantitative estimate of drug-likeness (QED) is 0.383. The molecule has 0 bridgehead atoms. The lowest BCUT2D eigenvalue weighted by Gasteiger charge is -2.40. The molecule has 3 rings (SSSR count). The van der Waals surface area contributed by atoms with Crippen molar-refractivity contribution >= 4 is 32.7 Å². The van der Waals surface area contributed by atoms with Gasteiger partial charge in [0.15, 0.2) is 0 Å². The lowest BCUT2D eigenvalue weighted by Crippen LogP contribution is -2.37. The monoisotopic (exact) mass is 538 g/mol. The van der Waals surface area contributed by atoms with Crippen molar-refractivity contribution < 1.29 is 13.0 Å². The normalized spacial score (nSPS) is 18.7. The number of benzene rings is 2. The molecule has 1 aliphatic rings. The van der Waals surface area contributed by atoms with E-state index in [9.17, 15) is 18.2 Å². The lowest BCUT2D eigenvalue weighted by atomic mass is 9.86. The maximum Gasteiger partial charge on any atom is 0.294 e. The van der Waals surface area contributed by atoms with Gasteiger partial charge in [-0.1, -0.05) is 44.0 Å². The Morgan fingerprint density at radius 2 is 2.00 bits per heavy atom. The van der Waals surface area contributed by atoms with Crippen LogP contribution in [0.5, 0.6) is 0 Å². The number of nitrogens with zero attached hydrogens (tertiary/aromatic N) is 2. The third-order valence-electron chi connectivity index (χ3n) is 5.86. The second-order valence-corrected chi connectivity index (χ2v) is 10.4. The van der Waals surface area contributed by atoms with Gasteiger partial charge in [0.2, 0.25) is 0 Å². The van der Waals surface area contributed by atoms with Crippen molar-refractivity contribution in [3.63, 3.8) is 0 Å². The first-order valence-electron chi connectivity index (χ1n) is 10.3. The summed E-state index contributed by atoms with van der Waals surface area (Å²) < 4.78 is 35.6. The van der Waals surface area contributed by atoms with E-state index in [0.29, 0.717) is 12.1 Å². The van der Waals surface area contributed by atoms with E-state index in [0.717, 1.165) is 52.4 Å². The number of aryl methyl sites for hydroxylation is 1. The summed E-state index contributed by atoms with van der Waals surface area (Å²) in [7, 11) is -4.38. The fraction of sp³-hybridized carbons (Fsp3) is 0.435. The van der Waals surface area contributed by atoms with Crippen molar-refractivity contribution in [1.82, 2.24) is 4.90 Å². The van der Waals surface area contributed by atoms with Crippen molar-refractivity contribution in [1.29, 1.82) is 5.26 Å². The van der Waals surface area contributed by atoms with Gasteiger partial charge in [-0.05, 0) is 83.2 Å². The first-order valence-corrected chi connectivity index (χ1v) is 12.8. The van der Waals surface area contributed by atoms with Gasteiger partial charge >= 0.3 is 0 Å². The van der Waals surface area contributed by atoms with Gasteiger partial charge in [-0.25, -0.2) is 0 Å². The minimum Gasteiger partial charge on any atom is -0.282 e. The van der Waals surface area contributed by atoms with E-state index in [2.05, 4.69) is 40.5 Å². The van der Waals surface area contributed by atoms with Gasteiger partial charge in [0.1, 0.15) is 6.04 Å². The van der Waals surface area contributed by atoms with Crippen LogP contribution in [-0.4, -0.2) is 24.4 Å². The van der Waals surface area contributed by atoms with E-state index in [1.165, 1.54) is 6.07 Å². The highest BCUT2D eigenvalue weighted by atomic mass is 127. The van der Waals surface area contributed by atoms with Gasteiger partial charge < -0.3 is 0 Å². The van der Waals surface area contributed by atoms with E-state index < -0.39 is 16.2 Å². The Kier molecular flexibility index (Phi) is 7.56. The van der Waals surface area contributed by atoms with E-state index >= 15 is 0 Å². The van der Waals surface area contributed by atoms with Crippen LogP contribution >= 0.6 is 22.6 Å². The third-order valence-corrected chi connectivity index (χ3v) is 7.75. The average molecular weight is 538 g/mol. The van der Waals surface area contributed by atoms with Gasteiger partial charge in [-0.15, -0.1) is 0 Å². The van der Waals surface area contributed by atoms with Crippen molar-refractivity contribution in [3.8, 4) is 6.07 Å². The number of piperidine rings is 1. The van der Waals surface area contributed by atoms with Crippen LogP contribution in [0.3, 0.4) is 0 Å². The SMILES string of the molecule is CCCc1c(C)ccc(S(=O)(=O)O)c1C1CCCCN1C(C#N)c1ccccc1I. The Balaban J connectivity index is 2.21. The Bertz CT molecular complexity index is 1060. The molecule has 0 aliphatic carbocycles. The van der Waals surface area contributed by atoms with E-state index in [1.54, 1.807) is 6.07 Å². The molecule has 160 valence electrons. The topological polar surface area (TPSA) is 81.4 Å². The fourth-order valence-electron chi connectivity index (χ4n) is 4.52. The van der Waals surface area contributed by atoms with Crippen molar-refractivity contribution in [2.75, 3.05) is 6.54 Å². The van der Waals surface area contributed by atoms with Crippen LogP contribution in [-0.2, 0) is 16.5 Å². The van der Waals surface area contributed by atoms with Crippen LogP contribution in [0.2, 0.25) is 0 Å². The zero-order valence-electron chi connectivity index (χ0n) is 17.3. The number of halogens is 1. The van der Waals surface area contributed by atoms with Crippen LogP contribution in [0.15, 0.2) is 41.3 Å². The van der Waals surface area contributed by atoms with Crippen molar-refractivity contribution in [2.24, 2.45) is 0 Å². The molecule has 0 spiro atoms. The molecule has 0 aromatic heterocycles. The molecular weight excluding hydrogens is 511 g/mol. The van der Waals surface area contributed by atoms with Gasteiger partial charge in [0, 0.05) is 16.2 Å². The largest absolute Gasteiger partial charge is 0.294 e. The molecule has 1 N–H and O–H groups in total. The molecule has 5 nitrogen and oxygen atoms in total. The first-order chi connectivity index (χ1) is 14.3. The van der Waals surface area contributed by atoms with Crippen LogP contribution in [0, 0.1) is 21.8 Å². The smallest absolute Gasteiger partial charge is 0.282 e. The predicted octanol–water partition coefficient (Wildman–Crippen LogP) is 5.59. The number of likely N-dealkylation sites (tertiary alicyclic amines) is 1. The van der Waals surface area contributed by atoms with E-state index in [4.69, 9.17) is 0 Å². The molecule has 1 aliphatic heterocycles. The maximum absolute atomic E-state index is 12.3. The molecule has 2 aromatic carbocycles. The Hall–Kier alpha value is -1.47. The highest BCUT2D eigenvalue weighted by Crippen LogP contribution is 2.42. The number of hydrogen-bond acceptors (Lipinski definition) is 4. The Morgan fingerprint density at radius 3 is 2.63 bits per heavy atom. The number of nitriles is 1. The summed E-state index contributed by atoms with van der Waals surface area (Å²) in [5, 5.41) is 10.1. The van der Waals surface area contributed by atoms with Crippen LogP contribution < -0.4 is 0 Å². The number of hydrogen-bond donors (Lipinski definition) is 1. The summed E-state index contributed by atoms with van der Waals surface area (Å²) in [5.41, 5.74) is 3.60. The summed E-state index contributed by atoms with van der Waals surface area (Å²) in [5.74, 6) is 0. The standard InChI is InChI=1S/C23H27IN2O3S/c1-3-8-17-16(2)12-13-22(30(27,28)29)23(17)20-11-6-7-14-26(20)21(15-25)18-9-4-5-10-19(18)24/h4-5,9-10,12-13,20-21H,3,6-8,11,14H2,1-2H3,(H,27,28,29). The van der Waals surface area contributed by atoms with Gasteiger partial charge in [-0.3, -0.25) is 9.45 Å². The van der Waals surface area contributed by atoms with Crippen LogP contribution in [0.25, 0.3) is 0 Å². The van der Waals surface area contributed by atoms with Crippen LogP contribution in [0.1, 0.15) is 66.9 Å². The molecule has 0 amide bonds. The second-order valence-electron chi connectivity index (χ2n) is 7.80. The summed E-state index contributed by atoms with van der Waals surface area (Å²) in [6.07, 6.45) is 4.26. The van der Waals surface area contributed by atoms with Crippen molar-refractivity contribution in [3.05, 3.63) is 62.2 Å². The molecule has 0 saturated carbocycles. The third kappa shape index (κ3) is 4.72. The predicted molar refractivity (Wildman–Crippen MR) is 126 cm³/mol. The molecule has 2 unspecified atom stereocenters. The zero-order chi connectivity index (χ0) is 21.9. The van der Waals surface area contributed by atoms with Crippen LogP contribution in [0.4, 0.5) is 0 Å². The average Bonchev–Trinajstić information content (AvgIpc) is 2.71. The highest BCUT2D eigenvalue weighted by molar-refractivity contribution is 14.1. The molecule has 7 heteroatoms. The molecule has 1 saturated heterocycles. The second kappa shape index (κ2) is 9.77. The van der Waals surface area contributed by atoms with E-state index in [-0.39, 0.29) is 10.9 Å². The summed E-state index contributed by atoms with van der Waals surface area (Å²) in [6.45, 7) is 4.75. The lowest BCUT2D eigenvalue weighted by molar-refractivity contribution is 0.117. The van der Waals surface area contributed by atoms with Crippen molar-refractivity contribution in [2.45, 2.75) is 62.9 Å². The first kappa shape index (κ1) is 23.2. The number of rotatable bonds is 6. The molecule has 30 heavy (non-hydrogen) atoms. The van der Waals surface area contributed by atoms with Gasteiger partial charge in [0.05, 0.1) is 11.0 Å². The highest BCUT2D eigenvalue weighted by Gasteiger charge is 2.36. The zero-order valence-corrected chi connectivity index (χ0v) is 20.3. The molecular formula is C23H27IN2O3S. The molecule has 2 aromatic rings. The summed E-state index contributed by atoms with van der Waals surface area (Å²) >= 11 is 2.25. The van der Waals surface area contributed by atoms with Gasteiger partial charge in [-0.2, -0.15) is 13.7 Å². The molecule has 1 heterocycles. The van der Waals surface area contributed by atoms with E-state index in [1.807, 2.05) is 31.2 Å². The molecule has 0 radical (unpaired) electrons. The Morgan fingerprint density at radius 1 is 1.27 bits per heavy atom. The molecule has 2 atom stereocenters. The fourth-order valence-corrected chi connectivity index (χ4v) is 5.98. The van der Waals surface area contributed by atoms with Gasteiger partial charge in [0.25, 0.3) is 10.1 Å². The Labute approximate surface area is 193 Å².